The highest BCUT2D eigenvalue weighted by Gasteiger charge is 2.31. The van der Waals surface area contributed by atoms with Crippen molar-refractivity contribution in [2.45, 2.75) is 37.6 Å². The first-order valence-corrected chi connectivity index (χ1v) is 12.0. The number of benzene rings is 2. The Morgan fingerprint density at radius 3 is 2.23 bits per heavy atom. The molecular weight excluding hydrogens is 412 g/mol. The summed E-state index contributed by atoms with van der Waals surface area (Å²) in [6.07, 6.45) is 0. The van der Waals surface area contributed by atoms with Crippen LogP contribution in [-0.2, 0) is 10.0 Å². The number of nitrogens with one attached hydrogen (secondary N) is 1. The van der Waals surface area contributed by atoms with E-state index in [1.807, 2.05) is 37.3 Å². The zero-order chi connectivity index (χ0) is 22.2. The number of para-hydroxylation sites is 1. The second kappa shape index (κ2) is 8.53. The summed E-state index contributed by atoms with van der Waals surface area (Å²) in [5, 5.41) is 0.567. The zero-order valence-corrected chi connectivity index (χ0v) is 18.9. The maximum absolute atomic E-state index is 13.1. The van der Waals surface area contributed by atoms with E-state index in [-0.39, 0.29) is 11.6 Å². The van der Waals surface area contributed by atoms with Crippen LogP contribution in [0.4, 0.5) is 0 Å². The van der Waals surface area contributed by atoms with Gasteiger partial charge in [0, 0.05) is 26.2 Å². The second-order valence-corrected chi connectivity index (χ2v) is 10.2. The van der Waals surface area contributed by atoms with Crippen LogP contribution in [0.15, 0.2) is 58.2 Å². The predicted molar refractivity (Wildman–Crippen MR) is 122 cm³/mol. The van der Waals surface area contributed by atoms with Crippen molar-refractivity contribution in [3.05, 3.63) is 70.3 Å². The van der Waals surface area contributed by atoms with Crippen molar-refractivity contribution in [3.8, 4) is 0 Å². The van der Waals surface area contributed by atoms with Gasteiger partial charge in [-0.3, -0.25) is 9.69 Å². The quantitative estimate of drug-likeness (QED) is 0.659. The Morgan fingerprint density at radius 1 is 0.935 bits per heavy atom. The van der Waals surface area contributed by atoms with Gasteiger partial charge in [-0.15, -0.1) is 0 Å². The fraction of sp³-hybridized carbons (Fsp3) is 0.391. The van der Waals surface area contributed by atoms with Gasteiger partial charge in [0.05, 0.1) is 21.8 Å². The number of hydrogen-bond donors (Lipinski definition) is 1. The number of aromatic nitrogens is 2. The highest BCUT2D eigenvalue weighted by atomic mass is 32.2. The molecule has 164 valence electrons. The van der Waals surface area contributed by atoms with Crippen LogP contribution in [0, 0.1) is 0 Å². The third kappa shape index (κ3) is 4.28. The summed E-state index contributed by atoms with van der Waals surface area (Å²) in [5.41, 5.74) is 1.63. The topological polar surface area (TPSA) is 86.4 Å². The Bertz CT molecular complexity index is 1230. The first-order valence-electron chi connectivity index (χ1n) is 10.6. The van der Waals surface area contributed by atoms with E-state index in [2.05, 4.69) is 28.7 Å². The summed E-state index contributed by atoms with van der Waals surface area (Å²) in [7, 11) is -3.52. The Labute approximate surface area is 182 Å². The summed E-state index contributed by atoms with van der Waals surface area (Å²) in [5.74, 6) is 0.959. The minimum Gasteiger partial charge on any atom is -0.309 e. The van der Waals surface area contributed by atoms with Crippen LogP contribution < -0.4 is 5.56 Å². The molecule has 1 saturated heterocycles. The Morgan fingerprint density at radius 2 is 1.58 bits per heavy atom. The zero-order valence-electron chi connectivity index (χ0n) is 18.1. The van der Waals surface area contributed by atoms with Crippen LogP contribution in [0.3, 0.4) is 0 Å². The molecule has 0 amide bonds. The molecule has 4 rings (SSSR count). The Balaban J connectivity index is 1.47. The minimum absolute atomic E-state index is 0.118. The van der Waals surface area contributed by atoms with Crippen molar-refractivity contribution in [1.82, 2.24) is 19.2 Å². The number of piperazine rings is 1. The minimum atomic E-state index is -3.52. The van der Waals surface area contributed by atoms with Crippen LogP contribution in [-0.4, -0.2) is 53.8 Å². The molecule has 1 aliphatic rings. The summed E-state index contributed by atoms with van der Waals surface area (Å²) in [4.78, 5) is 22.4. The molecule has 1 fully saturated rings. The molecule has 3 aromatic rings. The molecule has 0 unspecified atom stereocenters. The number of rotatable bonds is 5. The van der Waals surface area contributed by atoms with E-state index in [9.17, 15) is 13.2 Å². The first kappa shape index (κ1) is 21.7. The van der Waals surface area contributed by atoms with E-state index >= 15 is 0 Å². The third-order valence-corrected chi connectivity index (χ3v) is 7.95. The lowest BCUT2D eigenvalue weighted by Gasteiger charge is -2.37. The van der Waals surface area contributed by atoms with Crippen LogP contribution >= 0.6 is 0 Å². The molecule has 1 atom stereocenters. The number of nitrogens with zero attached hydrogens (tertiary/aromatic N) is 3. The largest absolute Gasteiger partial charge is 0.309 e. The lowest BCUT2D eigenvalue weighted by atomic mass is 10.0. The van der Waals surface area contributed by atoms with Gasteiger partial charge in [0.15, 0.2) is 0 Å². The van der Waals surface area contributed by atoms with Gasteiger partial charge in [0.2, 0.25) is 10.0 Å². The van der Waals surface area contributed by atoms with Crippen LogP contribution in [0.5, 0.6) is 0 Å². The van der Waals surface area contributed by atoms with Gasteiger partial charge in [0.1, 0.15) is 5.82 Å². The van der Waals surface area contributed by atoms with Gasteiger partial charge in [-0.2, -0.15) is 4.31 Å². The van der Waals surface area contributed by atoms with Crippen molar-refractivity contribution in [1.29, 1.82) is 0 Å². The molecule has 0 saturated carbocycles. The van der Waals surface area contributed by atoms with Crippen molar-refractivity contribution >= 4 is 20.9 Å². The first-order chi connectivity index (χ1) is 14.8. The van der Waals surface area contributed by atoms with E-state index < -0.39 is 10.0 Å². The Hall–Kier alpha value is -2.55. The maximum Gasteiger partial charge on any atom is 0.258 e. The van der Waals surface area contributed by atoms with Gasteiger partial charge < -0.3 is 4.98 Å². The second-order valence-electron chi connectivity index (χ2n) is 8.31. The highest BCUT2D eigenvalue weighted by molar-refractivity contribution is 7.89. The fourth-order valence-corrected chi connectivity index (χ4v) is 5.40. The van der Waals surface area contributed by atoms with Gasteiger partial charge in [0.25, 0.3) is 5.56 Å². The molecule has 1 aromatic heterocycles. The predicted octanol–water partition coefficient (Wildman–Crippen LogP) is 3.11. The normalized spacial score (nSPS) is 17.3. The van der Waals surface area contributed by atoms with E-state index in [1.54, 1.807) is 18.2 Å². The number of fused-ring (bicyclic) bond motifs is 1. The van der Waals surface area contributed by atoms with Crippen molar-refractivity contribution in [3.63, 3.8) is 0 Å². The maximum atomic E-state index is 13.1. The van der Waals surface area contributed by atoms with E-state index in [4.69, 9.17) is 0 Å². The standard InChI is InChI=1S/C23H28N4O3S/c1-16(2)18-8-10-19(11-9-18)31(29,30)27-14-12-26(13-15-27)17(3)22-24-21-7-5-4-6-20(21)23(28)25-22/h4-11,16-17H,12-15H2,1-3H3,(H,24,25,28)/t17-/m1/s1. The number of hydrogen-bond acceptors (Lipinski definition) is 5. The highest BCUT2D eigenvalue weighted by Crippen LogP contribution is 2.24. The molecule has 7 nitrogen and oxygen atoms in total. The molecule has 0 aliphatic carbocycles. The number of aromatic amines is 1. The molecule has 31 heavy (non-hydrogen) atoms. The van der Waals surface area contributed by atoms with Crippen LogP contribution in [0.25, 0.3) is 10.9 Å². The molecule has 1 aliphatic heterocycles. The molecular formula is C23H28N4O3S. The van der Waals surface area contributed by atoms with Gasteiger partial charge in [-0.1, -0.05) is 38.1 Å². The number of sulfonamides is 1. The average molecular weight is 441 g/mol. The SMILES string of the molecule is CC(C)c1ccc(S(=O)(=O)N2CCN([C@H](C)c3nc4ccccc4c(=O)[nH]3)CC2)cc1. The summed E-state index contributed by atoms with van der Waals surface area (Å²) >= 11 is 0. The van der Waals surface area contributed by atoms with Crippen LogP contribution in [0.2, 0.25) is 0 Å². The Kier molecular flexibility index (Phi) is 5.96. The molecule has 1 N–H and O–H groups in total. The monoisotopic (exact) mass is 440 g/mol. The lowest BCUT2D eigenvalue weighted by molar-refractivity contribution is 0.141. The fourth-order valence-electron chi connectivity index (χ4n) is 3.98. The smallest absolute Gasteiger partial charge is 0.258 e. The molecule has 0 bridgehead atoms. The van der Waals surface area contributed by atoms with E-state index in [0.717, 1.165) is 5.56 Å². The average Bonchev–Trinajstić information content (AvgIpc) is 2.78. The molecule has 2 aromatic carbocycles. The molecule has 0 spiro atoms. The summed E-state index contributed by atoms with van der Waals surface area (Å²) in [6.45, 7) is 8.10. The number of H-pyrrole nitrogens is 1. The van der Waals surface area contributed by atoms with Crippen molar-refractivity contribution in [2.24, 2.45) is 0 Å². The molecule has 2 heterocycles. The van der Waals surface area contributed by atoms with Gasteiger partial charge in [-0.05, 0) is 42.7 Å². The molecule has 0 radical (unpaired) electrons. The summed E-state index contributed by atoms with van der Waals surface area (Å²) < 4.78 is 27.6. The lowest BCUT2D eigenvalue weighted by Crippen LogP contribution is -2.49. The van der Waals surface area contributed by atoms with E-state index in [1.165, 1.54) is 4.31 Å². The van der Waals surface area contributed by atoms with Gasteiger partial charge in [-0.25, -0.2) is 13.4 Å². The third-order valence-electron chi connectivity index (χ3n) is 6.03. The van der Waals surface area contributed by atoms with Crippen LogP contribution in [0.1, 0.15) is 44.1 Å². The summed E-state index contributed by atoms with van der Waals surface area (Å²) in [6, 6.07) is 14.3. The van der Waals surface area contributed by atoms with E-state index in [0.29, 0.717) is 53.7 Å². The van der Waals surface area contributed by atoms with Crippen molar-refractivity contribution < 1.29 is 8.42 Å². The van der Waals surface area contributed by atoms with Gasteiger partial charge >= 0.3 is 0 Å². The molecule has 8 heteroatoms. The van der Waals surface area contributed by atoms with Crippen molar-refractivity contribution in [2.75, 3.05) is 26.2 Å².